The van der Waals surface area contributed by atoms with Gasteiger partial charge in [-0.1, -0.05) is 36.4 Å². The monoisotopic (exact) mass is 325 g/mol. The number of nitrogens with one attached hydrogen (secondary N) is 1. The Morgan fingerprint density at radius 2 is 1.50 bits per heavy atom. The van der Waals surface area contributed by atoms with Gasteiger partial charge in [0.05, 0.1) is 11.7 Å². The highest BCUT2D eigenvalue weighted by Crippen LogP contribution is 2.09. The van der Waals surface area contributed by atoms with Crippen LogP contribution in [-0.2, 0) is 4.74 Å². The van der Waals surface area contributed by atoms with Gasteiger partial charge in [-0.05, 0) is 50.5 Å². The number of esters is 1. The second kappa shape index (κ2) is 9.50. The average molecular weight is 325 g/mol. The molecule has 2 aromatic carbocycles. The number of rotatable bonds is 8. The van der Waals surface area contributed by atoms with Gasteiger partial charge in [-0.15, -0.1) is 0 Å². The molecular weight excluding hydrogens is 302 g/mol. The molecule has 0 spiro atoms. The van der Waals surface area contributed by atoms with Crippen molar-refractivity contribution in [3.63, 3.8) is 0 Å². The fraction of sp³-hybridized carbons (Fsp3) is 0.300. The summed E-state index contributed by atoms with van der Waals surface area (Å²) in [5, 5.41) is 2.89. The van der Waals surface area contributed by atoms with Gasteiger partial charge in [0.15, 0.2) is 0 Å². The molecule has 4 nitrogen and oxygen atoms in total. The predicted molar refractivity (Wildman–Crippen MR) is 93.9 cm³/mol. The zero-order chi connectivity index (χ0) is 17.2. The van der Waals surface area contributed by atoms with Crippen LogP contribution in [-0.4, -0.2) is 24.5 Å². The summed E-state index contributed by atoms with van der Waals surface area (Å²) in [5.41, 5.74) is 1.24. The zero-order valence-corrected chi connectivity index (χ0v) is 13.9. The van der Waals surface area contributed by atoms with E-state index in [0.29, 0.717) is 17.7 Å². The molecule has 0 radical (unpaired) electrons. The van der Waals surface area contributed by atoms with Crippen molar-refractivity contribution in [3.05, 3.63) is 71.8 Å². The summed E-state index contributed by atoms with van der Waals surface area (Å²) < 4.78 is 5.41. The van der Waals surface area contributed by atoms with Gasteiger partial charge in [0, 0.05) is 12.1 Å². The topological polar surface area (TPSA) is 55.4 Å². The SMILES string of the molecule is CC(CCCCNC(=O)c1ccccc1)OC(=O)c1ccccc1. The van der Waals surface area contributed by atoms with Crippen LogP contribution in [0, 0.1) is 0 Å². The number of benzene rings is 2. The molecule has 24 heavy (non-hydrogen) atoms. The summed E-state index contributed by atoms with van der Waals surface area (Å²) in [4.78, 5) is 23.8. The van der Waals surface area contributed by atoms with Crippen molar-refractivity contribution in [2.75, 3.05) is 6.54 Å². The second-order valence-electron chi connectivity index (χ2n) is 5.70. The molecule has 0 bridgehead atoms. The fourth-order valence-corrected chi connectivity index (χ4v) is 2.33. The van der Waals surface area contributed by atoms with E-state index in [1.807, 2.05) is 43.3 Å². The Labute approximate surface area is 142 Å². The fourth-order valence-electron chi connectivity index (χ4n) is 2.33. The maximum atomic E-state index is 11.9. The normalized spacial score (nSPS) is 11.5. The minimum absolute atomic E-state index is 0.0563. The lowest BCUT2D eigenvalue weighted by atomic mass is 10.1. The van der Waals surface area contributed by atoms with E-state index in [2.05, 4.69) is 5.32 Å². The van der Waals surface area contributed by atoms with Crippen molar-refractivity contribution in [1.29, 1.82) is 0 Å². The molecule has 0 aromatic heterocycles. The van der Waals surface area contributed by atoms with Crippen LogP contribution >= 0.6 is 0 Å². The third-order valence-electron chi connectivity index (χ3n) is 3.68. The molecule has 0 aliphatic carbocycles. The predicted octanol–water partition coefficient (Wildman–Crippen LogP) is 3.83. The molecule has 0 fully saturated rings. The third kappa shape index (κ3) is 5.88. The van der Waals surface area contributed by atoms with Gasteiger partial charge in [0.1, 0.15) is 0 Å². The number of hydrogen-bond acceptors (Lipinski definition) is 3. The molecule has 0 saturated heterocycles. The number of carbonyl (C=O) groups is 2. The Balaban J connectivity index is 1.60. The van der Waals surface area contributed by atoms with Gasteiger partial charge in [-0.25, -0.2) is 4.79 Å². The maximum absolute atomic E-state index is 11.9. The minimum atomic E-state index is -0.291. The Morgan fingerprint density at radius 1 is 0.917 bits per heavy atom. The van der Waals surface area contributed by atoms with E-state index in [9.17, 15) is 9.59 Å². The number of carbonyl (C=O) groups excluding carboxylic acids is 2. The molecule has 4 heteroatoms. The van der Waals surface area contributed by atoms with Crippen LogP contribution in [0.4, 0.5) is 0 Å². The van der Waals surface area contributed by atoms with E-state index >= 15 is 0 Å². The summed E-state index contributed by atoms with van der Waals surface area (Å²) in [7, 11) is 0. The first kappa shape index (κ1) is 17.7. The van der Waals surface area contributed by atoms with E-state index < -0.39 is 0 Å². The number of amides is 1. The van der Waals surface area contributed by atoms with Crippen LogP contribution in [0.2, 0.25) is 0 Å². The van der Waals surface area contributed by atoms with Crippen molar-refractivity contribution < 1.29 is 14.3 Å². The minimum Gasteiger partial charge on any atom is -0.459 e. The van der Waals surface area contributed by atoms with Crippen molar-refractivity contribution in [1.82, 2.24) is 5.32 Å². The highest BCUT2D eigenvalue weighted by atomic mass is 16.5. The molecule has 2 rings (SSSR count). The van der Waals surface area contributed by atoms with Gasteiger partial charge in [0.2, 0.25) is 0 Å². The highest BCUT2D eigenvalue weighted by molar-refractivity contribution is 5.94. The van der Waals surface area contributed by atoms with Crippen LogP contribution in [0.1, 0.15) is 46.9 Å². The van der Waals surface area contributed by atoms with Crippen LogP contribution in [0.15, 0.2) is 60.7 Å². The average Bonchev–Trinajstić information content (AvgIpc) is 2.62. The van der Waals surface area contributed by atoms with Gasteiger partial charge in [0.25, 0.3) is 5.91 Å². The number of unbranched alkanes of at least 4 members (excludes halogenated alkanes) is 1. The summed E-state index contributed by atoms with van der Waals surface area (Å²) in [6.45, 7) is 2.51. The lowest BCUT2D eigenvalue weighted by Gasteiger charge is -2.13. The van der Waals surface area contributed by atoms with Crippen molar-refractivity contribution in [3.8, 4) is 0 Å². The van der Waals surface area contributed by atoms with Gasteiger partial charge in [-0.3, -0.25) is 4.79 Å². The quantitative estimate of drug-likeness (QED) is 0.593. The molecule has 1 unspecified atom stereocenters. The first-order chi connectivity index (χ1) is 11.7. The van der Waals surface area contributed by atoms with Crippen molar-refractivity contribution in [2.24, 2.45) is 0 Å². The van der Waals surface area contributed by atoms with Crippen molar-refractivity contribution >= 4 is 11.9 Å². The Bertz CT molecular complexity index is 640. The smallest absolute Gasteiger partial charge is 0.338 e. The van der Waals surface area contributed by atoms with E-state index in [-0.39, 0.29) is 18.0 Å². The van der Waals surface area contributed by atoms with Crippen LogP contribution in [0.5, 0.6) is 0 Å². The second-order valence-corrected chi connectivity index (χ2v) is 5.70. The first-order valence-electron chi connectivity index (χ1n) is 8.26. The highest BCUT2D eigenvalue weighted by Gasteiger charge is 2.11. The van der Waals surface area contributed by atoms with E-state index in [0.717, 1.165) is 19.3 Å². The van der Waals surface area contributed by atoms with E-state index in [4.69, 9.17) is 4.74 Å². The first-order valence-corrected chi connectivity index (χ1v) is 8.26. The van der Waals surface area contributed by atoms with E-state index in [1.54, 1.807) is 24.3 Å². The summed E-state index contributed by atoms with van der Waals surface area (Å²) in [5.74, 6) is -0.348. The molecular formula is C20H23NO3. The lowest BCUT2D eigenvalue weighted by molar-refractivity contribution is 0.0320. The largest absolute Gasteiger partial charge is 0.459 e. The molecule has 126 valence electrons. The molecule has 1 atom stereocenters. The number of ether oxygens (including phenoxy) is 1. The third-order valence-corrected chi connectivity index (χ3v) is 3.68. The standard InChI is InChI=1S/C20H23NO3/c1-16(24-20(23)18-13-6-3-7-14-18)10-8-9-15-21-19(22)17-11-4-2-5-12-17/h2-7,11-14,16H,8-10,15H2,1H3,(H,21,22). The van der Waals surface area contributed by atoms with Crippen LogP contribution < -0.4 is 5.32 Å². The summed E-state index contributed by atoms with van der Waals surface area (Å²) in [6, 6.07) is 18.1. The summed E-state index contributed by atoms with van der Waals surface area (Å²) >= 11 is 0. The van der Waals surface area contributed by atoms with Crippen LogP contribution in [0.25, 0.3) is 0 Å². The van der Waals surface area contributed by atoms with Crippen molar-refractivity contribution in [2.45, 2.75) is 32.3 Å². The maximum Gasteiger partial charge on any atom is 0.338 e. The van der Waals surface area contributed by atoms with E-state index in [1.165, 1.54) is 0 Å². The molecule has 1 amide bonds. The molecule has 0 aliphatic heterocycles. The number of hydrogen-bond donors (Lipinski definition) is 1. The molecule has 1 N–H and O–H groups in total. The lowest BCUT2D eigenvalue weighted by Crippen LogP contribution is -2.24. The molecule has 0 heterocycles. The Hall–Kier alpha value is -2.62. The molecule has 0 saturated carbocycles. The molecule has 2 aromatic rings. The Morgan fingerprint density at radius 3 is 2.12 bits per heavy atom. The van der Waals surface area contributed by atoms with Gasteiger partial charge in [-0.2, -0.15) is 0 Å². The van der Waals surface area contributed by atoms with Crippen LogP contribution in [0.3, 0.4) is 0 Å². The zero-order valence-electron chi connectivity index (χ0n) is 13.9. The van der Waals surface area contributed by atoms with Gasteiger partial charge >= 0.3 is 5.97 Å². The Kier molecular flexibility index (Phi) is 7.02. The summed E-state index contributed by atoms with van der Waals surface area (Å²) in [6.07, 6.45) is 2.38. The molecule has 0 aliphatic rings. The van der Waals surface area contributed by atoms with Gasteiger partial charge < -0.3 is 10.1 Å².